The molecule has 1 fully saturated rings. The monoisotopic (exact) mass is 363 g/mol. The van der Waals surface area contributed by atoms with Crippen molar-refractivity contribution in [3.8, 4) is 5.88 Å². The van der Waals surface area contributed by atoms with E-state index in [-0.39, 0.29) is 12.5 Å². The van der Waals surface area contributed by atoms with Crippen LogP contribution in [0.2, 0.25) is 0 Å². The van der Waals surface area contributed by atoms with Gasteiger partial charge in [0.2, 0.25) is 5.88 Å². The van der Waals surface area contributed by atoms with Gasteiger partial charge in [0.15, 0.2) is 6.61 Å². The van der Waals surface area contributed by atoms with Gasteiger partial charge in [0.1, 0.15) is 6.33 Å². The number of likely N-dealkylation sites (tertiary alicyclic amines) is 1. The Hall–Kier alpha value is -1.69. The smallest absolute Gasteiger partial charge is 0.260 e. The molecule has 1 unspecified atom stereocenters. The zero-order valence-corrected chi connectivity index (χ0v) is 14.0. The summed E-state index contributed by atoms with van der Waals surface area (Å²) >= 11 is 3.43. The van der Waals surface area contributed by atoms with Crippen LogP contribution in [0.3, 0.4) is 0 Å². The van der Waals surface area contributed by atoms with Crippen molar-refractivity contribution in [1.29, 1.82) is 0 Å². The molecule has 0 radical (unpaired) electrons. The zero-order chi connectivity index (χ0) is 15.5. The van der Waals surface area contributed by atoms with Crippen molar-refractivity contribution in [3.05, 3.63) is 29.0 Å². The molecule has 6 heteroatoms. The molecule has 0 spiro atoms. The summed E-state index contributed by atoms with van der Waals surface area (Å²) in [5, 5.41) is 0.802. The average molecular weight is 364 g/mol. The summed E-state index contributed by atoms with van der Waals surface area (Å²) in [6.45, 7) is 3.84. The van der Waals surface area contributed by atoms with E-state index >= 15 is 0 Å². The lowest BCUT2D eigenvalue weighted by Crippen LogP contribution is -2.41. The van der Waals surface area contributed by atoms with Gasteiger partial charge in [0.25, 0.3) is 5.91 Å². The zero-order valence-electron chi connectivity index (χ0n) is 12.5. The summed E-state index contributed by atoms with van der Waals surface area (Å²) in [6.07, 6.45) is 3.71. The average Bonchev–Trinajstić information content (AvgIpc) is 2.52. The minimum Gasteiger partial charge on any atom is -0.467 e. The van der Waals surface area contributed by atoms with Crippen LogP contribution in [0.15, 0.2) is 29.0 Å². The van der Waals surface area contributed by atoms with Crippen molar-refractivity contribution in [2.75, 3.05) is 19.7 Å². The van der Waals surface area contributed by atoms with Gasteiger partial charge in [-0.05, 0) is 37.0 Å². The Morgan fingerprint density at radius 2 is 2.32 bits per heavy atom. The molecule has 1 amide bonds. The van der Waals surface area contributed by atoms with Gasteiger partial charge in [-0.3, -0.25) is 4.79 Å². The molecule has 5 nitrogen and oxygen atoms in total. The van der Waals surface area contributed by atoms with E-state index in [4.69, 9.17) is 4.74 Å². The van der Waals surface area contributed by atoms with Crippen molar-refractivity contribution in [1.82, 2.24) is 14.9 Å². The number of nitrogens with zero attached hydrogens (tertiary/aromatic N) is 3. The number of hydrogen-bond donors (Lipinski definition) is 0. The quantitative estimate of drug-likeness (QED) is 0.840. The third kappa shape index (κ3) is 3.38. The van der Waals surface area contributed by atoms with Crippen molar-refractivity contribution >= 4 is 32.7 Å². The Balaban J connectivity index is 1.71. The van der Waals surface area contributed by atoms with E-state index in [2.05, 4.69) is 32.8 Å². The molecule has 1 aliphatic rings. The minimum absolute atomic E-state index is 0.0192. The van der Waals surface area contributed by atoms with Gasteiger partial charge in [-0.1, -0.05) is 22.9 Å². The fourth-order valence-electron chi connectivity index (χ4n) is 2.76. The molecule has 116 valence electrons. The summed E-state index contributed by atoms with van der Waals surface area (Å²) in [5.74, 6) is 1.03. The highest BCUT2D eigenvalue weighted by Crippen LogP contribution is 2.25. The number of fused-ring (bicyclic) bond motifs is 1. The van der Waals surface area contributed by atoms with Crippen LogP contribution in [0, 0.1) is 5.92 Å². The van der Waals surface area contributed by atoms with E-state index in [1.165, 1.54) is 12.7 Å². The third-order valence-electron chi connectivity index (χ3n) is 3.90. The van der Waals surface area contributed by atoms with Gasteiger partial charge >= 0.3 is 0 Å². The van der Waals surface area contributed by atoms with Gasteiger partial charge in [-0.25, -0.2) is 9.97 Å². The number of piperidine rings is 1. The van der Waals surface area contributed by atoms with Crippen LogP contribution in [0.5, 0.6) is 5.88 Å². The predicted octanol–water partition coefficient (Wildman–Crippen LogP) is 3.03. The predicted molar refractivity (Wildman–Crippen MR) is 87.7 cm³/mol. The number of carbonyl (C=O) groups excluding carboxylic acids is 1. The second kappa shape index (κ2) is 6.60. The van der Waals surface area contributed by atoms with Crippen LogP contribution >= 0.6 is 15.9 Å². The lowest BCUT2D eigenvalue weighted by Gasteiger charge is -2.30. The Morgan fingerprint density at radius 3 is 3.14 bits per heavy atom. The lowest BCUT2D eigenvalue weighted by atomic mass is 10.0. The first-order valence-electron chi connectivity index (χ1n) is 7.44. The lowest BCUT2D eigenvalue weighted by molar-refractivity contribution is -0.135. The Labute approximate surface area is 137 Å². The summed E-state index contributed by atoms with van der Waals surface area (Å²) in [5.41, 5.74) is 0.798. The van der Waals surface area contributed by atoms with Gasteiger partial charge in [-0.2, -0.15) is 0 Å². The molecule has 1 saturated heterocycles. The van der Waals surface area contributed by atoms with Crippen molar-refractivity contribution in [2.45, 2.75) is 19.8 Å². The van der Waals surface area contributed by atoms with E-state index in [1.807, 2.05) is 23.1 Å². The number of aromatic nitrogens is 2. The Morgan fingerprint density at radius 1 is 1.45 bits per heavy atom. The van der Waals surface area contributed by atoms with Crippen molar-refractivity contribution in [3.63, 3.8) is 0 Å². The molecule has 1 aliphatic heterocycles. The van der Waals surface area contributed by atoms with E-state index in [0.717, 1.165) is 34.9 Å². The van der Waals surface area contributed by atoms with Gasteiger partial charge in [0, 0.05) is 17.6 Å². The van der Waals surface area contributed by atoms with E-state index in [0.29, 0.717) is 11.8 Å². The number of halogens is 1. The second-order valence-corrected chi connectivity index (χ2v) is 6.63. The first-order chi connectivity index (χ1) is 10.6. The topological polar surface area (TPSA) is 55.3 Å². The van der Waals surface area contributed by atoms with Crippen molar-refractivity contribution < 1.29 is 9.53 Å². The second-order valence-electron chi connectivity index (χ2n) is 5.72. The van der Waals surface area contributed by atoms with Gasteiger partial charge in [-0.15, -0.1) is 0 Å². The number of ether oxygens (including phenoxy) is 1. The highest BCUT2D eigenvalue weighted by molar-refractivity contribution is 9.10. The fraction of sp³-hybridized carbons (Fsp3) is 0.438. The fourth-order valence-corrected chi connectivity index (χ4v) is 3.12. The Kier molecular flexibility index (Phi) is 4.57. The van der Waals surface area contributed by atoms with Crippen LogP contribution in [-0.4, -0.2) is 40.5 Å². The molecule has 0 aliphatic carbocycles. The first-order valence-corrected chi connectivity index (χ1v) is 8.23. The minimum atomic E-state index is 0.0192. The van der Waals surface area contributed by atoms with E-state index in [1.54, 1.807) is 0 Å². The van der Waals surface area contributed by atoms with Crippen LogP contribution < -0.4 is 4.74 Å². The van der Waals surface area contributed by atoms with E-state index in [9.17, 15) is 4.79 Å². The van der Waals surface area contributed by atoms with E-state index < -0.39 is 0 Å². The number of hydrogen-bond acceptors (Lipinski definition) is 4. The van der Waals surface area contributed by atoms with Gasteiger partial charge < -0.3 is 9.64 Å². The molecule has 3 rings (SSSR count). The van der Waals surface area contributed by atoms with Gasteiger partial charge in [0.05, 0.1) is 10.9 Å². The molecule has 1 aromatic carbocycles. The third-order valence-corrected chi connectivity index (χ3v) is 4.40. The maximum absolute atomic E-state index is 12.3. The number of amides is 1. The molecular formula is C16H18BrN3O2. The molecule has 0 N–H and O–H groups in total. The maximum atomic E-state index is 12.3. The highest BCUT2D eigenvalue weighted by atomic mass is 79.9. The molecule has 2 heterocycles. The summed E-state index contributed by atoms with van der Waals surface area (Å²) in [4.78, 5) is 22.5. The molecule has 0 bridgehead atoms. The van der Waals surface area contributed by atoms with Crippen LogP contribution in [-0.2, 0) is 4.79 Å². The normalized spacial score (nSPS) is 18.5. The van der Waals surface area contributed by atoms with Crippen LogP contribution in [0.25, 0.3) is 10.9 Å². The van der Waals surface area contributed by atoms with Crippen LogP contribution in [0.4, 0.5) is 0 Å². The molecule has 1 aromatic heterocycles. The molecule has 2 aromatic rings. The number of rotatable bonds is 3. The number of benzene rings is 1. The van der Waals surface area contributed by atoms with Crippen LogP contribution in [0.1, 0.15) is 19.8 Å². The molecular weight excluding hydrogens is 346 g/mol. The SMILES string of the molecule is CC1CCCN(C(=O)COc2ncnc3ccc(Br)cc23)C1. The highest BCUT2D eigenvalue weighted by Gasteiger charge is 2.21. The summed E-state index contributed by atoms with van der Waals surface area (Å²) in [6, 6.07) is 5.71. The maximum Gasteiger partial charge on any atom is 0.260 e. The standard InChI is InChI=1S/C16H18BrN3O2/c1-11-3-2-6-20(8-11)15(21)9-22-16-13-7-12(17)4-5-14(13)18-10-19-16/h4-5,7,10-11H,2-3,6,8-9H2,1H3. The molecule has 22 heavy (non-hydrogen) atoms. The first kappa shape index (κ1) is 15.2. The summed E-state index contributed by atoms with van der Waals surface area (Å²) in [7, 11) is 0. The van der Waals surface area contributed by atoms with Crippen molar-refractivity contribution in [2.24, 2.45) is 5.92 Å². The summed E-state index contributed by atoms with van der Waals surface area (Å²) < 4.78 is 6.59. The molecule has 0 saturated carbocycles. The number of carbonyl (C=O) groups is 1. The Bertz CT molecular complexity index is 692. The largest absolute Gasteiger partial charge is 0.467 e. The molecule has 1 atom stereocenters.